The van der Waals surface area contributed by atoms with Crippen LogP contribution in [0.2, 0.25) is 0 Å². The fourth-order valence-electron chi connectivity index (χ4n) is 3.50. The largest absolute Gasteiger partial charge is 0.508 e. The van der Waals surface area contributed by atoms with E-state index in [9.17, 15) is 19.8 Å². The average molecular weight is 476 g/mol. The molecule has 2 aromatic rings. The third-order valence-corrected chi connectivity index (χ3v) is 5.52. The highest BCUT2D eigenvalue weighted by atomic mass is 79.9. The zero-order valence-corrected chi connectivity index (χ0v) is 18.2. The van der Waals surface area contributed by atoms with Crippen molar-refractivity contribution in [3.8, 4) is 11.5 Å². The van der Waals surface area contributed by atoms with E-state index in [1.807, 2.05) is 0 Å². The summed E-state index contributed by atoms with van der Waals surface area (Å²) in [6.07, 6.45) is 0.521. The zero-order chi connectivity index (χ0) is 21.8. The summed E-state index contributed by atoms with van der Waals surface area (Å²) < 4.78 is 10.9. The van der Waals surface area contributed by atoms with E-state index >= 15 is 0 Å². The van der Waals surface area contributed by atoms with Crippen LogP contribution < -0.4 is 4.74 Å². The molecule has 1 unspecified atom stereocenters. The van der Waals surface area contributed by atoms with Gasteiger partial charge in [0, 0.05) is 25.8 Å². The number of aliphatic hydroxyl groups is 1. The van der Waals surface area contributed by atoms with Crippen molar-refractivity contribution >= 4 is 33.4 Å². The highest BCUT2D eigenvalue weighted by Gasteiger charge is 2.45. The zero-order valence-electron chi connectivity index (χ0n) is 16.6. The maximum Gasteiger partial charge on any atom is 0.295 e. The quantitative estimate of drug-likeness (QED) is 0.274. The number of halogens is 1. The van der Waals surface area contributed by atoms with Crippen LogP contribution in [0.5, 0.6) is 11.5 Å². The summed E-state index contributed by atoms with van der Waals surface area (Å²) in [6, 6.07) is 10.4. The van der Waals surface area contributed by atoms with Crippen molar-refractivity contribution in [2.45, 2.75) is 12.5 Å². The van der Waals surface area contributed by atoms with Gasteiger partial charge in [-0.3, -0.25) is 9.59 Å². The number of likely N-dealkylation sites (tertiary alicyclic amines) is 1. The molecule has 1 fully saturated rings. The van der Waals surface area contributed by atoms with Crippen LogP contribution in [0.4, 0.5) is 0 Å². The van der Waals surface area contributed by atoms with E-state index in [-0.39, 0.29) is 23.6 Å². The third kappa shape index (κ3) is 4.20. The van der Waals surface area contributed by atoms with E-state index in [1.165, 1.54) is 24.1 Å². The number of hydrogen-bond acceptors (Lipinski definition) is 6. The van der Waals surface area contributed by atoms with Crippen LogP contribution >= 0.6 is 15.9 Å². The van der Waals surface area contributed by atoms with E-state index in [0.717, 1.165) is 0 Å². The predicted molar refractivity (Wildman–Crippen MR) is 114 cm³/mol. The maximum absolute atomic E-state index is 12.9. The Bertz CT molecular complexity index is 1000. The minimum absolute atomic E-state index is 0.00201. The second-order valence-electron chi connectivity index (χ2n) is 6.78. The van der Waals surface area contributed by atoms with Crippen molar-refractivity contribution in [1.29, 1.82) is 0 Å². The van der Waals surface area contributed by atoms with Crippen LogP contribution in [0.3, 0.4) is 0 Å². The number of methoxy groups -OCH3 is 2. The first-order chi connectivity index (χ1) is 14.4. The Balaban J connectivity index is 2.13. The number of Topliss-reactive ketones (excluding diaryl/α,β-unsaturated/α-hetero) is 1. The number of aromatic hydroxyl groups is 1. The molecule has 0 radical (unpaired) electrons. The number of ketones is 1. The Hall–Kier alpha value is -2.84. The van der Waals surface area contributed by atoms with Crippen molar-refractivity contribution < 1.29 is 29.3 Å². The lowest BCUT2D eigenvalue weighted by molar-refractivity contribution is -0.140. The van der Waals surface area contributed by atoms with Gasteiger partial charge in [0.15, 0.2) is 0 Å². The van der Waals surface area contributed by atoms with Gasteiger partial charge in [0.2, 0.25) is 0 Å². The third-order valence-electron chi connectivity index (χ3n) is 4.90. The van der Waals surface area contributed by atoms with Crippen LogP contribution in [-0.2, 0) is 14.3 Å². The monoisotopic (exact) mass is 475 g/mol. The molecule has 158 valence electrons. The number of carbonyl (C=O) groups is 2. The lowest BCUT2D eigenvalue weighted by Gasteiger charge is -2.25. The van der Waals surface area contributed by atoms with Gasteiger partial charge >= 0.3 is 0 Å². The lowest BCUT2D eigenvalue weighted by atomic mass is 9.95. The number of hydrogen-bond donors (Lipinski definition) is 2. The molecule has 30 heavy (non-hydrogen) atoms. The topological polar surface area (TPSA) is 96.3 Å². The number of aliphatic hydroxyl groups excluding tert-OH is 1. The molecule has 7 nitrogen and oxygen atoms in total. The molecule has 1 atom stereocenters. The summed E-state index contributed by atoms with van der Waals surface area (Å²) in [6.45, 7) is 0.684. The van der Waals surface area contributed by atoms with E-state index in [2.05, 4.69) is 15.9 Å². The standard InChI is InChI=1S/C22H22BrNO6/c1-29-10-4-9-24-19(13-5-3-6-15(25)11-13)18(21(27)22(24)28)20(26)14-7-8-17(30-2)16(23)12-14/h3,5-8,11-12,19,25-26H,4,9-10H2,1-2H3/b20-18-. The van der Waals surface area contributed by atoms with Crippen molar-refractivity contribution in [1.82, 2.24) is 4.90 Å². The van der Waals surface area contributed by atoms with Gasteiger partial charge in [-0.1, -0.05) is 12.1 Å². The van der Waals surface area contributed by atoms with Gasteiger partial charge in [-0.25, -0.2) is 0 Å². The summed E-state index contributed by atoms with van der Waals surface area (Å²) in [5.74, 6) is -1.20. The van der Waals surface area contributed by atoms with Gasteiger partial charge in [0.1, 0.15) is 17.3 Å². The van der Waals surface area contributed by atoms with Crippen LogP contribution in [-0.4, -0.2) is 54.2 Å². The number of rotatable bonds is 7. The molecule has 8 heteroatoms. The summed E-state index contributed by atoms with van der Waals surface area (Å²) in [5.41, 5.74) is 0.864. The molecule has 1 aliphatic heterocycles. The smallest absolute Gasteiger partial charge is 0.295 e. The van der Waals surface area contributed by atoms with Crippen molar-refractivity contribution in [2.24, 2.45) is 0 Å². The molecule has 1 saturated heterocycles. The molecule has 1 heterocycles. The van der Waals surface area contributed by atoms with Crippen molar-refractivity contribution in [3.63, 3.8) is 0 Å². The Morgan fingerprint density at radius 3 is 2.57 bits per heavy atom. The van der Waals surface area contributed by atoms with Gasteiger partial charge in [-0.15, -0.1) is 0 Å². The second kappa shape index (κ2) is 9.32. The van der Waals surface area contributed by atoms with E-state index < -0.39 is 17.7 Å². The summed E-state index contributed by atoms with van der Waals surface area (Å²) in [7, 11) is 3.08. The highest BCUT2D eigenvalue weighted by molar-refractivity contribution is 9.10. The minimum atomic E-state index is -0.824. The lowest BCUT2D eigenvalue weighted by Crippen LogP contribution is -2.31. The Labute approximate surface area is 182 Å². The molecule has 1 amide bonds. The molecule has 0 aliphatic carbocycles. The molecule has 3 rings (SSSR count). The predicted octanol–water partition coefficient (Wildman–Crippen LogP) is 3.62. The summed E-state index contributed by atoms with van der Waals surface area (Å²) >= 11 is 3.37. The normalized spacial score (nSPS) is 18.1. The van der Waals surface area contributed by atoms with Crippen LogP contribution in [0.15, 0.2) is 52.5 Å². The molecular formula is C22H22BrNO6. The van der Waals surface area contributed by atoms with Crippen LogP contribution in [0, 0.1) is 0 Å². The molecule has 0 spiro atoms. The van der Waals surface area contributed by atoms with Gasteiger partial charge in [0.05, 0.1) is 23.2 Å². The molecule has 2 aromatic carbocycles. The maximum atomic E-state index is 12.9. The Morgan fingerprint density at radius 2 is 1.93 bits per heavy atom. The number of phenolic OH excluding ortho intramolecular Hbond substituents is 1. The second-order valence-corrected chi connectivity index (χ2v) is 7.64. The summed E-state index contributed by atoms with van der Waals surface area (Å²) in [5, 5.41) is 21.0. The number of ether oxygens (including phenoxy) is 2. The molecule has 2 N–H and O–H groups in total. The van der Waals surface area contributed by atoms with E-state index in [4.69, 9.17) is 9.47 Å². The van der Waals surface area contributed by atoms with Gasteiger partial charge < -0.3 is 24.6 Å². The minimum Gasteiger partial charge on any atom is -0.508 e. The van der Waals surface area contributed by atoms with Gasteiger partial charge in [-0.2, -0.15) is 0 Å². The number of carbonyl (C=O) groups excluding carboxylic acids is 2. The molecule has 1 aliphatic rings. The first kappa shape index (κ1) is 21.9. The molecule has 0 bridgehead atoms. The summed E-state index contributed by atoms with van der Waals surface area (Å²) in [4.78, 5) is 27.1. The van der Waals surface area contributed by atoms with Crippen molar-refractivity contribution in [3.05, 3.63) is 63.6 Å². The number of benzene rings is 2. The van der Waals surface area contributed by atoms with Crippen molar-refractivity contribution in [2.75, 3.05) is 27.4 Å². The number of phenols is 1. The fourth-order valence-corrected chi connectivity index (χ4v) is 4.04. The van der Waals surface area contributed by atoms with E-state index in [0.29, 0.717) is 34.4 Å². The van der Waals surface area contributed by atoms with Gasteiger partial charge in [0.25, 0.3) is 11.7 Å². The van der Waals surface area contributed by atoms with Crippen LogP contribution in [0.25, 0.3) is 5.76 Å². The van der Waals surface area contributed by atoms with Gasteiger partial charge in [-0.05, 0) is 58.2 Å². The first-order valence-electron chi connectivity index (χ1n) is 9.29. The van der Waals surface area contributed by atoms with Crippen LogP contribution in [0.1, 0.15) is 23.6 Å². The molecule has 0 saturated carbocycles. The Kier molecular flexibility index (Phi) is 6.79. The molecular weight excluding hydrogens is 454 g/mol. The number of amides is 1. The average Bonchev–Trinajstić information content (AvgIpc) is 2.98. The SMILES string of the molecule is COCCCN1C(=O)C(=O)/C(=C(\O)c2ccc(OC)c(Br)c2)C1c1cccc(O)c1. The van der Waals surface area contributed by atoms with E-state index in [1.54, 1.807) is 37.4 Å². The fraction of sp³-hybridized carbons (Fsp3) is 0.273. The number of nitrogens with zero attached hydrogens (tertiary/aromatic N) is 1. The highest BCUT2D eigenvalue weighted by Crippen LogP contribution is 2.41. The Morgan fingerprint density at radius 1 is 1.17 bits per heavy atom. The molecule has 0 aromatic heterocycles. The first-order valence-corrected chi connectivity index (χ1v) is 10.1.